The van der Waals surface area contributed by atoms with E-state index >= 15 is 4.39 Å². The molecule has 3 aliphatic rings. The zero-order chi connectivity index (χ0) is 21.0. The minimum atomic E-state index is -0.342. The summed E-state index contributed by atoms with van der Waals surface area (Å²) >= 11 is 0. The third-order valence-electron chi connectivity index (χ3n) is 5.96. The monoisotopic (exact) mass is 429 g/mol. The number of anilines is 4. The predicted molar refractivity (Wildman–Crippen MR) is 117 cm³/mol. The Kier molecular flexibility index (Phi) is 5.99. The molecule has 5 rings (SSSR count). The van der Waals surface area contributed by atoms with E-state index in [1.54, 1.807) is 6.20 Å². The Labute approximate surface area is 181 Å². The minimum Gasteiger partial charge on any atom is -0.378 e. The van der Waals surface area contributed by atoms with Crippen LogP contribution < -0.4 is 19.6 Å². The zero-order valence-corrected chi connectivity index (χ0v) is 17.6. The van der Waals surface area contributed by atoms with Crippen LogP contribution in [0.4, 0.5) is 27.8 Å². The first-order valence-corrected chi connectivity index (χ1v) is 10.9. The van der Waals surface area contributed by atoms with Crippen LogP contribution >= 0.6 is 0 Å². The lowest BCUT2D eigenvalue weighted by Crippen LogP contribution is -2.48. The molecule has 0 radical (unpaired) electrons. The van der Waals surface area contributed by atoms with Crippen molar-refractivity contribution in [3.63, 3.8) is 0 Å². The van der Waals surface area contributed by atoms with Gasteiger partial charge in [0, 0.05) is 58.6 Å². The van der Waals surface area contributed by atoms with Gasteiger partial charge in [0.05, 0.1) is 26.4 Å². The Morgan fingerprint density at radius 2 is 1.23 bits per heavy atom. The van der Waals surface area contributed by atoms with Crippen LogP contribution in [0.15, 0.2) is 24.4 Å². The van der Waals surface area contributed by atoms with Crippen molar-refractivity contribution in [2.45, 2.75) is 0 Å². The van der Waals surface area contributed by atoms with Crippen molar-refractivity contribution in [2.24, 2.45) is 0 Å². The van der Waals surface area contributed by atoms with Crippen LogP contribution in [0.5, 0.6) is 0 Å². The quantitative estimate of drug-likeness (QED) is 0.708. The average Bonchev–Trinajstić information content (AvgIpc) is 2.86. The number of hydrogen-bond acceptors (Lipinski definition) is 9. The fraction of sp³-hybridized carbons (Fsp3) is 0.571. The molecule has 0 bridgehead atoms. The van der Waals surface area contributed by atoms with Crippen molar-refractivity contribution in [2.75, 3.05) is 98.4 Å². The second-order valence-corrected chi connectivity index (χ2v) is 7.85. The molecule has 0 N–H and O–H groups in total. The first-order valence-electron chi connectivity index (χ1n) is 10.9. The fourth-order valence-corrected chi connectivity index (χ4v) is 4.20. The van der Waals surface area contributed by atoms with E-state index in [1.807, 2.05) is 28.0 Å². The second kappa shape index (κ2) is 9.19. The molecule has 3 aliphatic heterocycles. The van der Waals surface area contributed by atoms with Crippen molar-refractivity contribution in [3.05, 3.63) is 30.2 Å². The molecule has 0 spiro atoms. The van der Waals surface area contributed by atoms with E-state index in [-0.39, 0.29) is 5.82 Å². The van der Waals surface area contributed by atoms with Crippen molar-refractivity contribution >= 4 is 23.4 Å². The molecule has 31 heavy (non-hydrogen) atoms. The second-order valence-electron chi connectivity index (χ2n) is 7.85. The molecular weight excluding hydrogens is 401 g/mol. The van der Waals surface area contributed by atoms with E-state index in [4.69, 9.17) is 14.5 Å². The zero-order valence-electron chi connectivity index (χ0n) is 17.6. The summed E-state index contributed by atoms with van der Waals surface area (Å²) in [6.07, 6.45) is 1.80. The van der Waals surface area contributed by atoms with Crippen molar-refractivity contribution in [1.82, 2.24) is 15.0 Å². The SMILES string of the molecule is Fc1c(N2CCOCC2)nc(N2CCOCC2)nc1N1CCN(c2ccccn2)CC1. The minimum absolute atomic E-state index is 0.342. The number of aromatic nitrogens is 3. The first-order chi connectivity index (χ1) is 15.3. The van der Waals surface area contributed by atoms with E-state index in [0.717, 1.165) is 18.9 Å². The van der Waals surface area contributed by atoms with Crippen LogP contribution in [0, 0.1) is 5.82 Å². The average molecular weight is 430 g/mol. The van der Waals surface area contributed by atoms with E-state index in [9.17, 15) is 0 Å². The predicted octanol–water partition coefficient (Wildman–Crippen LogP) is 1.01. The van der Waals surface area contributed by atoms with Crippen molar-refractivity contribution in [3.8, 4) is 0 Å². The van der Waals surface area contributed by atoms with Crippen LogP contribution in [-0.2, 0) is 9.47 Å². The lowest BCUT2D eigenvalue weighted by Gasteiger charge is -2.37. The fourth-order valence-electron chi connectivity index (χ4n) is 4.20. The summed E-state index contributed by atoms with van der Waals surface area (Å²) in [6, 6.07) is 5.91. The van der Waals surface area contributed by atoms with E-state index in [1.165, 1.54) is 0 Å². The molecule has 0 aromatic carbocycles. The largest absolute Gasteiger partial charge is 0.378 e. The molecule has 0 amide bonds. The molecule has 3 saturated heterocycles. The molecule has 0 atom stereocenters. The maximum Gasteiger partial charge on any atom is 0.229 e. The normalized spacial score (nSPS) is 20.3. The van der Waals surface area contributed by atoms with Gasteiger partial charge < -0.3 is 29.1 Å². The summed E-state index contributed by atoms with van der Waals surface area (Å²) in [6.45, 7) is 7.97. The number of pyridine rings is 1. The van der Waals surface area contributed by atoms with Crippen LogP contribution in [0.1, 0.15) is 0 Å². The van der Waals surface area contributed by atoms with Crippen LogP contribution in [0.2, 0.25) is 0 Å². The number of rotatable bonds is 4. The number of halogens is 1. The Bertz CT molecular complexity index is 868. The summed E-state index contributed by atoms with van der Waals surface area (Å²) in [4.78, 5) is 22.1. The van der Waals surface area contributed by atoms with Crippen LogP contribution in [-0.4, -0.2) is 93.7 Å². The van der Waals surface area contributed by atoms with Crippen molar-refractivity contribution in [1.29, 1.82) is 0 Å². The smallest absolute Gasteiger partial charge is 0.229 e. The van der Waals surface area contributed by atoms with Gasteiger partial charge in [-0.25, -0.2) is 4.98 Å². The Balaban J connectivity index is 1.41. The highest BCUT2D eigenvalue weighted by atomic mass is 19.1. The molecule has 2 aromatic rings. The molecule has 166 valence electrons. The number of nitrogens with zero attached hydrogens (tertiary/aromatic N) is 7. The van der Waals surface area contributed by atoms with E-state index in [2.05, 4.69) is 19.8 Å². The topological polar surface area (TPSA) is 70.1 Å². The molecular formula is C21H28FN7O2. The molecule has 5 heterocycles. The summed E-state index contributed by atoms with van der Waals surface area (Å²) in [5, 5.41) is 0. The highest BCUT2D eigenvalue weighted by Crippen LogP contribution is 2.30. The maximum atomic E-state index is 15.7. The molecule has 2 aromatic heterocycles. The van der Waals surface area contributed by atoms with Gasteiger partial charge in [-0.1, -0.05) is 6.07 Å². The third kappa shape index (κ3) is 4.35. The van der Waals surface area contributed by atoms with E-state index in [0.29, 0.717) is 83.3 Å². The molecule has 3 fully saturated rings. The van der Waals surface area contributed by atoms with Gasteiger partial charge in [0.25, 0.3) is 0 Å². The summed E-state index contributed by atoms with van der Waals surface area (Å²) < 4.78 is 26.6. The molecule has 10 heteroatoms. The van der Waals surface area contributed by atoms with Crippen LogP contribution in [0.3, 0.4) is 0 Å². The Morgan fingerprint density at radius 1 is 0.677 bits per heavy atom. The van der Waals surface area contributed by atoms with Crippen LogP contribution in [0.25, 0.3) is 0 Å². The highest BCUT2D eigenvalue weighted by molar-refractivity contribution is 5.58. The van der Waals surface area contributed by atoms with Crippen molar-refractivity contribution < 1.29 is 13.9 Å². The standard InChI is InChI=1S/C21H28FN7O2/c22-18-19(27-7-5-26(6-8-27)17-3-1-2-4-23-17)24-21(29-11-15-31-16-12-29)25-20(18)28-9-13-30-14-10-28/h1-4H,5-16H2. The summed E-state index contributed by atoms with van der Waals surface area (Å²) in [5.74, 6) is 1.95. The number of morpholine rings is 2. The van der Waals surface area contributed by atoms with Gasteiger partial charge in [0.1, 0.15) is 5.82 Å². The number of piperazine rings is 1. The van der Waals surface area contributed by atoms with Gasteiger partial charge in [-0.3, -0.25) is 0 Å². The summed E-state index contributed by atoms with van der Waals surface area (Å²) in [7, 11) is 0. The lowest BCUT2D eigenvalue weighted by atomic mass is 10.3. The maximum absolute atomic E-state index is 15.7. The highest BCUT2D eigenvalue weighted by Gasteiger charge is 2.29. The van der Waals surface area contributed by atoms with Gasteiger partial charge in [-0.05, 0) is 12.1 Å². The van der Waals surface area contributed by atoms with E-state index < -0.39 is 0 Å². The Hall–Kier alpha value is -2.72. The molecule has 0 aliphatic carbocycles. The van der Waals surface area contributed by atoms with Gasteiger partial charge in [0.2, 0.25) is 11.8 Å². The number of ether oxygens (including phenoxy) is 2. The molecule has 0 saturated carbocycles. The van der Waals surface area contributed by atoms with Gasteiger partial charge >= 0.3 is 0 Å². The lowest BCUT2D eigenvalue weighted by molar-refractivity contribution is 0.121. The number of hydrogen-bond donors (Lipinski definition) is 0. The third-order valence-corrected chi connectivity index (χ3v) is 5.96. The first kappa shape index (κ1) is 20.2. The molecule has 0 unspecified atom stereocenters. The Morgan fingerprint density at radius 3 is 1.81 bits per heavy atom. The van der Waals surface area contributed by atoms with Gasteiger partial charge in [0.15, 0.2) is 11.6 Å². The van der Waals surface area contributed by atoms with Gasteiger partial charge in [-0.2, -0.15) is 14.4 Å². The molecule has 9 nitrogen and oxygen atoms in total. The van der Waals surface area contributed by atoms with Gasteiger partial charge in [-0.15, -0.1) is 0 Å². The summed E-state index contributed by atoms with van der Waals surface area (Å²) in [5.41, 5.74) is 0.